The van der Waals surface area contributed by atoms with Crippen LogP contribution in [0, 0.1) is 5.92 Å². The van der Waals surface area contributed by atoms with Crippen LogP contribution in [0.5, 0.6) is 11.5 Å². The van der Waals surface area contributed by atoms with Crippen LogP contribution in [-0.2, 0) is 20.6 Å². The number of nitrogens with one attached hydrogen (secondary N) is 1. The van der Waals surface area contributed by atoms with Crippen molar-refractivity contribution in [3.63, 3.8) is 0 Å². The monoisotopic (exact) mass is 518 g/mol. The molecule has 0 aliphatic carbocycles. The van der Waals surface area contributed by atoms with Crippen molar-refractivity contribution in [1.29, 1.82) is 0 Å². The van der Waals surface area contributed by atoms with E-state index < -0.39 is 15.9 Å². The minimum atomic E-state index is -3.71. The van der Waals surface area contributed by atoms with Gasteiger partial charge < -0.3 is 10.1 Å². The van der Waals surface area contributed by atoms with Gasteiger partial charge in [0.2, 0.25) is 15.9 Å². The number of benzene rings is 3. The van der Waals surface area contributed by atoms with E-state index in [1.54, 1.807) is 36.4 Å². The summed E-state index contributed by atoms with van der Waals surface area (Å²) >= 11 is 12.3. The maximum Gasteiger partial charge on any atom is 0.228 e. The molecule has 1 amide bonds. The van der Waals surface area contributed by atoms with Crippen molar-refractivity contribution >= 4 is 44.8 Å². The van der Waals surface area contributed by atoms with Crippen LogP contribution in [0.3, 0.4) is 0 Å². The Labute approximate surface area is 209 Å². The summed E-state index contributed by atoms with van der Waals surface area (Å²) in [6, 6.07) is 21.3. The van der Waals surface area contributed by atoms with E-state index in [0.717, 1.165) is 0 Å². The van der Waals surface area contributed by atoms with Gasteiger partial charge in [-0.1, -0.05) is 59.6 Å². The molecule has 4 rings (SSSR count). The fraction of sp³-hybridized carbons (Fsp3) is 0.240. The first-order chi connectivity index (χ1) is 16.3. The Morgan fingerprint density at radius 1 is 0.971 bits per heavy atom. The van der Waals surface area contributed by atoms with Gasteiger partial charge in [0.05, 0.1) is 17.4 Å². The number of halogens is 2. The highest BCUT2D eigenvalue weighted by Crippen LogP contribution is 2.32. The molecule has 34 heavy (non-hydrogen) atoms. The number of sulfonamides is 1. The molecule has 1 atom stereocenters. The van der Waals surface area contributed by atoms with Crippen molar-refractivity contribution in [3.05, 3.63) is 88.4 Å². The molecule has 9 heteroatoms. The normalized spacial score (nSPS) is 16.7. The lowest BCUT2D eigenvalue weighted by molar-refractivity contribution is -0.120. The summed E-state index contributed by atoms with van der Waals surface area (Å²) in [5.41, 5.74) is 0.892. The zero-order chi connectivity index (χ0) is 24.1. The molecule has 178 valence electrons. The average Bonchev–Trinajstić information content (AvgIpc) is 2.83. The fourth-order valence-corrected chi connectivity index (χ4v) is 6.22. The average molecular weight is 519 g/mol. The molecular weight excluding hydrogens is 495 g/mol. The highest BCUT2D eigenvalue weighted by Gasteiger charge is 2.33. The fourth-order valence-electron chi connectivity index (χ4n) is 3.86. The van der Waals surface area contributed by atoms with Gasteiger partial charge in [-0.2, -0.15) is 0 Å². The molecule has 1 aliphatic rings. The van der Waals surface area contributed by atoms with Crippen molar-refractivity contribution in [3.8, 4) is 11.5 Å². The van der Waals surface area contributed by atoms with Crippen LogP contribution in [0.1, 0.15) is 18.4 Å². The van der Waals surface area contributed by atoms with Gasteiger partial charge in [-0.15, -0.1) is 0 Å². The highest BCUT2D eigenvalue weighted by molar-refractivity contribution is 7.88. The van der Waals surface area contributed by atoms with E-state index in [1.807, 2.05) is 36.4 Å². The molecule has 1 N–H and O–H groups in total. The van der Waals surface area contributed by atoms with Crippen LogP contribution in [0.2, 0.25) is 10.0 Å². The number of para-hydroxylation sites is 3. The van der Waals surface area contributed by atoms with Gasteiger partial charge in [0.1, 0.15) is 5.75 Å². The Bertz CT molecular complexity index is 1250. The quantitative estimate of drug-likeness (QED) is 0.418. The lowest BCUT2D eigenvalue weighted by Crippen LogP contribution is -2.44. The molecular formula is C25H24Cl2N2O4S. The van der Waals surface area contributed by atoms with E-state index in [-0.39, 0.29) is 18.2 Å². The Morgan fingerprint density at radius 3 is 2.38 bits per heavy atom. The van der Waals surface area contributed by atoms with Crippen molar-refractivity contribution in [2.24, 2.45) is 5.92 Å². The van der Waals surface area contributed by atoms with E-state index >= 15 is 0 Å². The smallest absolute Gasteiger partial charge is 0.228 e. The number of amides is 1. The molecule has 1 unspecified atom stereocenters. The Hall–Kier alpha value is -2.58. The van der Waals surface area contributed by atoms with E-state index in [2.05, 4.69) is 5.32 Å². The molecule has 6 nitrogen and oxygen atoms in total. The zero-order valence-corrected chi connectivity index (χ0v) is 20.6. The molecule has 0 aromatic heterocycles. The summed E-state index contributed by atoms with van der Waals surface area (Å²) in [7, 11) is -3.71. The van der Waals surface area contributed by atoms with Crippen LogP contribution in [0.15, 0.2) is 72.8 Å². The minimum Gasteiger partial charge on any atom is -0.455 e. The number of rotatable bonds is 7. The summed E-state index contributed by atoms with van der Waals surface area (Å²) in [4.78, 5) is 13.1. The lowest BCUT2D eigenvalue weighted by atomic mass is 9.98. The first-order valence-corrected chi connectivity index (χ1v) is 13.2. The van der Waals surface area contributed by atoms with E-state index in [4.69, 9.17) is 27.9 Å². The topological polar surface area (TPSA) is 75.7 Å². The second-order valence-electron chi connectivity index (χ2n) is 8.05. The maximum absolute atomic E-state index is 13.1. The number of anilines is 1. The maximum atomic E-state index is 13.1. The van der Waals surface area contributed by atoms with Gasteiger partial charge >= 0.3 is 0 Å². The number of hydrogen-bond acceptors (Lipinski definition) is 4. The predicted octanol–water partition coefficient (Wildman–Crippen LogP) is 5.97. The van der Waals surface area contributed by atoms with Crippen LogP contribution in [0.25, 0.3) is 0 Å². The molecule has 1 saturated heterocycles. The molecule has 1 fully saturated rings. The Kier molecular flexibility index (Phi) is 7.78. The van der Waals surface area contributed by atoms with Crippen molar-refractivity contribution in [2.75, 3.05) is 18.4 Å². The van der Waals surface area contributed by atoms with Crippen LogP contribution >= 0.6 is 23.2 Å². The van der Waals surface area contributed by atoms with Gasteiger partial charge in [-0.25, -0.2) is 12.7 Å². The van der Waals surface area contributed by atoms with Gasteiger partial charge in [0.15, 0.2) is 5.75 Å². The number of nitrogens with zero attached hydrogens (tertiary/aromatic N) is 1. The summed E-state index contributed by atoms with van der Waals surface area (Å²) in [5, 5.41) is 3.52. The van der Waals surface area contributed by atoms with Crippen molar-refractivity contribution in [1.82, 2.24) is 4.31 Å². The van der Waals surface area contributed by atoms with Crippen LogP contribution in [-0.4, -0.2) is 31.7 Å². The summed E-state index contributed by atoms with van der Waals surface area (Å²) in [6.45, 7) is 0.444. The number of carbonyl (C=O) groups excluding carboxylic acids is 1. The number of carbonyl (C=O) groups is 1. The second-order valence-corrected chi connectivity index (χ2v) is 10.8. The number of ether oxygens (including phenoxy) is 1. The highest BCUT2D eigenvalue weighted by atomic mass is 35.5. The van der Waals surface area contributed by atoms with Crippen molar-refractivity contribution in [2.45, 2.75) is 18.6 Å². The van der Waals surface area contributed by atoms with Gasteiger partial charge in [-0.3, -0.25) is 4.79 Å². The molecule has 0 bridgehead atoms. The van der Waals surface area contributed by atoms with Gasteiger partial charge in [-0.05, 0) is 49.2 Å². The molecule has 0 spiro atoms. The standard InChI is InChI=1S/C25H24Cl2N2O4S/c26-21-11-6-12-22(27)20(21)17-34(31,32)29-15-7-8-18(16-29)25(30)28-23-13-4-5-14-24(23)33-19-9-2-1-3-10-19/h1-6,9-14,18H,7-8,15-17H2,(H,28,30). The Morgan fingerprint density at radius 2 is 1.65 bits per heavy atom. The number of hydrogen-bond donors (Lipinski definition) is 1. The third kappa shape index (κ3) is 5.91. The first-order valence-electron chi connectivity index (χ1n) is 10.9. The van der Waals surface area contributed by atoms with Crippen LogP contribution in [0.4, 0.5) is 5.69 Å². The van der Waals surface area contributed by atoms with E-state index in [9.17, 15) is 13.2 Å². The minimum absolute atomic E-state index is 0.0952. The Balaban J connectivity index is 1.45. The zero-order valence-electron chi connectivity index (χ0n) is 18.3. The number of piperidine rings is 1. The molecule has 3 aromatic carbocycles. The summed E-state index contributed by atoms with van der Waals surface area (Å²) in [6.07, 6.45) is 1.17. The van der Waals surface area contributed by atoms with Gasteiger partial charge in [0.25, 0.3) is 0 Å². The largest absolute Gasteiger partial charge is 0.455 e. The first kappa shape index (κ1) is 24.5. The predicted molar refractivity (Wildman–Crippen MR) is 135 cm³/mol. The van der Waals surface area contributed by atoms with Crippen molar-refractivity contribution < 1.29 is 17.9 Å². The molecule has 0 radical (unpaired) electrons. The molecule has 0 saturated carbocycles. The SMILES string of the molecule is O=C(Nc1ccccc1Oc1ccccc1)C1CCCN(S(=O)(=O)Cc2c(Cl)cccc2Cl)C1. The third-order valence-electron chi connectivity index (χ3n) is 5.65. The molecule has 3 aromatic rings. The van der Waals surface area contributed by atoms with E-state index in [0.29, 0.717) is 52.2 Å². The molecule has 1 aliphatic heterocycles. The third-order valence-corrected chi connectivity index (χ3v) is 8.13. The summed E-state index contributed by atoms with van der Waals surface area (Å²) < 4.78 is 33.5. The lowest BCUT2D eigenvalue weighted by Gasteiger charge is -2.31. The van der Waals surface area contributed by atoms with Gasteiger partial charge in [0, 0.05) is 28.7 Å². The van der Waals surface area contributed by atoms with Crippen LogP contribution < -0.4 is 10.1 Å². The van der Waals surface area contributed by atoms with E-state index in [1.165, 1.54) is 4.31 Å². The molecule has 1 heterocycles. The summed E-state index contributed by atoms with van der Waals surface area (Å²) in [5.74, 6) is 0.107. The second kappa shape index (κ2) is 10.8.